The molecular formula is C45H35N. The number of anilines is 2. The molecule has 6 aromatic carbocycles. The van der Waals surface area contributed by atoms with E-state index in [9.17, 15) is 0 Å². The van der Waals surface area contributed by atoms with E-state index >= 15 is 0 Å². The van der Waals surface area contributed by atoms with Gasteiger partial charge in [-0.1, -0.05) is 129 Å². The third-order valence-corrected chi connectivity index (χ3v) is 10.4. The lowest BCUT2D eigenvalue weighted by Crippen LogP contribution is -2.14. The zero-order valence-electron chi connectivity index (χ0n) is 26.2. The molecule has 0 saturated heterocycles. The Morgan fingerprint density at radius 2 is 1.20 bits per heavy atom. The molecule has 0 saturated carbocycles. The third-order valence-electron chi connectivity index (χ3n) is 10.4. The predicted octanol–water partition coefficient (Wildman–Crippen LogP) is 12.1. The van der Waals surface area contributed by atoms with Crippen molar-refractivity contribution in [2.24, 2.45) is 0 Å². The summed E-state index contributed by atoms with van der Waals surface area (Å²) >= 11 is 0. The predicted molar refractivity (Wildman–Crippen MR) is 193 cm³/mol. The van der Waals surface area contributed by atoms with E-state index in [2.05, 4.69) is 177 Å². The Labute approximate surface area is 271 Å². The fourth-order valence-corrected chi connectivity index (χ4v) is 8.00. The Bertz CT molecular complexity index is 2210. The first-order valence-corrected chi connectivity index (χ1v) is 16.4. The molecule has 1 heteroatoms. The van der Waals surface area contributed by atoms with Crippen LogP contribution in [0.2, 0.25) is 0 Å². The molecule has 1 heterocycles. The van der Waals surface area contributed by atoms with Gasteiger partial charge in [-0.05, 0) is 110 Å². The molecular weight excluding hydrogens is 555 g/mol. The standard InChI is InChI=1S/C45H35N/c1-45(2)41-20-8-6-18-37(41)38-24-22-35(29-42(38)45)32-15-10-14-31(26-32)34-23-25-44-40(28-34)39-19-7-9-21-43(39)46(44)36-17-11-16-33(27-36)30-12-4-3-5-13-30/h3-18,20-29,39H,19H2,1-2H3. The molecule has 220 valence electrons. The largest absolute Gasteiger partial charge is 0.313 e. The van der Waals surface area contributed by atoms with Gasteiger partial charge >= 0.3 is 0 Å². The van der Waals surface area contributed by atoms with Crippen molar-refractivity contribution in [1.82, 2.24) is 0 Å². The van der Waals surface area contributed by atoms with Gasteiger partial charge in [0.1, 0.15) is 0 Å². The Balaban J connectivity index is 1.09. The average Bonchev–Trinajstić information content (AvgIpc) is 3.57. The molecule has 0 amide bonds. The molecule has 9 rings (SSSR count). The fraction of sp³-hybridized carbons (Fsp3) is 0.111. The number of fused-ring (bicyclic) bond motifs is 6. The fourth-order valence-electron chi connectivity index (χ4n) is 8.00. The second-order valence-corrected chi connectivity index (χ2v) is 13.3. The molecule has 2 aliphatic carbocycles. The van der Waals surface area contributed by atoms with Crippen LogP contribution in [0.4, 0.5) is 11.4 Å². The van der Waals surface area contributed by atoms with E-state index < -0.39 is 0 Å². The minimum atomic E-state index is -0.00825. The van der Waals surface area contributed by atoms with Crippen LogP contribution in [-0.2, 0) is 5.41 Å². The SMILES string of the molecule is CC1(C)c2ccccc2-c2ccc(-c3cccc(-c4ccc5c(c4)C4CC=CC=C4N5c4cccc(-c5ccccc5)c4)c3)cc21. The van der Waals surface area contributed by atoms with Crippen molar-refractivity contribution >= 4 is 11.4 Å². The number of hydrogen-bond donors (Lipinski definition) is 0. The lowest BCUT2D eigenvalue weighted by atomic mass is 9.81. The Morgan fingerprint density at radius 3 is 2.04 bits per heavy atom. The maximum absolute atomic E-state index is 2.47. The van der Waals surface area contributed by atoms with Gasteiger partial charge < -0.3 is 4.90 Å². The van der Waals surface area contributed by atoms with Gasteiger partial charge in [-0.2, -0.15) is 0 Å². The van der Waals surface area contributed by atoms with Gasteiger partial charge in [0.05, 0.1) is 0 Å². The summed E-state index contributed by atoms with van der Waals surface area (Å²) < 4.78 is 0. The maximum atomic E-state index is 2.47. The average molecular weight is 590 g/mol. The van der Waals surface area contributed by atoms with E-state index in [1.54, 1.807) is 0 Å². The molecule has 0 aromatic heterocycles. The van der Waals surface area contributed by atoms with E-state index in [1.165, 1.54) is 78.3 Å². The summed E-state index contributed by atoms with van der Waals surface area (Å²) in [4.78, 5) is 2.47. The highest BCUT2D eigenvalue weighted by atomic mass is 15.2. The van der Waals surface area contributed by atoms with Crippen LogP contribution < -0.4 is 4.90 Å². The first-order chi connectivity index (χ1) is 22.6. The smallest absolute Gasteiger partial charge is 0.0497 e. The number of benzene rings is 6. The van der Waals surface area contributed by atoms with Crippen molar-refractivity contribution in [3.63, 3.8) is 0 Å². The van der Waals surface area contributed by atoms with Crippen LogP contribution in [0.25, 0.3) is 44.5 Å². The van der Waals surface area contributed by atoms with Gasteiger partial charge in [-0.3, -0.25) is 0 Å². The number of allylic oxidation sites excluding steroid dienone is 4. The first-order valence-electron chi connectivity index (χ1n) is 16.4. The second kappa shape index (κ2) is 10.3. The normalized spacial score (nSPS) is 16.8. The van der Waals surface area contributed by atoms with Gasteiger partial charge in [-0.25, -0.2) is 0 Å². The van der Waals surface area contributed by atoms with Crippen molar-refractivity contribution in [3.8, 4) is 44.5 Å². The molecule has 6 aromatic rings. The summed E-state index contributed by atoms with van der Waals surface area (Å²) in [7, 11) is 0. The van der Waals surface area contributed by atoms with Crippen molar-refractivity contribution in [2.75, 3.05) is 4.90 Å². The molecule has 1 aliphatic heterocycles. The maximum Gasteiger partial charge on any atom is 0.0497 e. The Kier molecular flexibility index (Phi) is 6.05. The highest BCUT2D eigenvalue weighted by molar-refractivity contribution is 5.86. The summed E-state index contributed by atoms with van der Waals surface area (Å²) in [5.41, 5.74) is 18.3. The minimum Gasteiger partial charge on any atom is -0.313 e. The van der Waals surface area contributed by atoms with Gasteiger partial charge in [0.2, 0.25) is 0 Å². The highest BCUT2D eigenvalue weighted by Crippen LogP contribution is 2.52. The molecule has 1 atom stereocenters. The minimum absolute atomic E-state index is 0.00825. The van der Waals surface area contributed by atoms with Gasteiger partial charge in [0, 0.05) is 28.4 Å². The van der Waals surface area contributed by atoms with Gasteiger partial charge in [0.25, 0.3) is 0 Å². The van der Waals surface area contributed by atoms with E-state index in [-0.39, 0.29) is 5.41 Å². The zero-order chi connectivity index (χ0) is 30.8. The number of hydrogen-bond acceptors (Lipinski definition) is 1. The molecule has 1 nitrogen and oxygen atoms in total. The van der Waals surface area contributed by atoms with E-state index in [4.69, 9.17) is 0 Å². The van der Waals surface area contributed by atoms with Crippen molar-refractivity contribution < 1.29 is 0 Å². The van der Waals surface area contributed by atoms with Crippen LogP contribution >= 0.6 is 0 Å². The van der Waals surface area contributed by atoms with Crippen LogP contribution in [0.15, 0.2) is 163 Å². The summed E-state index contributed by atoms with van der Waals surface area (Å²) in [5, 5.41) is 0. The van der Waals surface area contributed by atoms with Crippen LogP contribution in [-0.4, -0.2) is 0 Å². The van der Waals surface area contributed by atoms with Gasteiger partial charge in [0.15, 0.2) is 0 Å². The zero-order valence-corrected chi connectivity index (χ0v) is 26.2. The van der Waals surface area contributed by atoms with E-state index in [1.807, 2.05) is 0 Å². The lowest BCUT2D eigenvalue weighted by molar-refractivity contribution is 0.660. The van der Waals surface area contributed by atoms with Crippen LogP contribution in [0, 0.1) is 0 Å². The monoisotopic (exact) mass is 589 g/mol. The topological polar surface area (TPSA) is 3.24 Å². The summed E-state index contributed by atoms with van der Waals surface area (Å²) in [6.07, 6.45) is 7.84. The van der Waals surface area contributed by atoms with Crippen LogP contribution in [0.1, 0.15) is 42.9 Å². The number of nitrogens with zero attached hydrogens (tertiary/aromatic N) is 1. The van der Waals surface area contributed by atoms with Crippen molar-refractivity contribution in [1.29, 1.82) is 0 Å². The third kappa shape index (κ3) is 4.16. The van der Waals surface area contributed by atoms with Crippen LogP contribution in [0.5, 0.6) is 0 Å². The van der Waals surface area contributed by atoms with Crippen molar-refractivity contribution in [3.05, 3.63) is 180 Å². The number of rotatable bonds is 4. The molecule has 0 N–H and O–H groups in total. The molecule has 0 radical (unpaired) electrons. The molecule has 1 unspecified atom stereocenters. The molecule has 3 aliphatic rings. The Morgan fingerprint density at radius 1 is 0.543 bits per heavy atom. The first kappa shape index (κ1) is 27.0. The second-order valence-electron chi connectivity index (χ2n) is 13.3. The van der Waals surface area contributed by atoms with Crippen molar-refractivity contribution in [2.45, 2.75) is 31.6 Å². The molecule has 0 fully saturated rings. The summed E-state index contributed by atoms with van der Waals surface area (Å²) in [6.45, 7) is 4.71. The summed E-state index contributed by atoms with van der Waals surface area (Å²) in [5.74, 6) is 0.351. The molecule has 0 spiro atoms. The highest BCUT2D eigenvalue weighted by Gasteiger charge is 2.36. The van der Waals surface area contributed by atoms with Gasteiger partial charge in [-0.15, -0.1) is 0 Å². The van der Waals surface area contributed by atoms with E-state index in [0.717, 1.165) is 6.42 Å². The molecule has 0 bridgehead atoms. The summed E-state index contributed by atoms with van der Waals surface area (Å²) in [6, 6.07) is 51.7. The quantitative estimate of drug-likeness (QED) is 0.198. The van der Waals surface area contributed by atoms with Crippen LogP contribution in [0.3, 0.4) is 0 Å². The van der Waals surface area contributed by atoms with E-state index in [0.29, 0.717) is 5.92 Å². The lowest BCUT2D eigenvalue weighted by Gasteiger charge is -2.25. The Hall–Kier alpha value is -5.40. The molecule has 46 heavy (non-hydrogen) atoms.